The number of halogens is 1. The molecule has 1 fully saturated rings. The van der Waals surface area contributed by atoms with Crippen molar-refractivity contribution in [3.8, 4) is 0 Å². The van der Waals surface area contributed by atoms with Crippen LogP contribution in [0.2, 0.25) is 0 Å². The summed E-state index contributed by atoms with van der Waals surface area (Å²) in [5, 5.41) is 2.80. The number of rotatable bonds is 4. The Labute approximate surface area is 159 Å². The number of benzene rings is 3. The summed E-state index contributed by atoms with van der Waals surface area (Å²) in [5.41, 5.74) is 3.04. The fourth-order valence-corrected chi connectivity index (χ4v) is 4.90. The Kier molecular flexibility index (Phi) is 4.94. The van der Waals surface area contributed by atoms with E-state index in [0.29, 0.717) is 5.92 Å². The van der Waals surface area contributed by atoms with Crippen molar-refractivity contribution in [2.24, 2.45) is 5.92 Å². The van der Waals surface area contributed by atoms with Gasteiger partial charge in [0.1, 0.15) is 0 Å². The third kappa shape index (κ3) is 3.67. The molecule has 0 heterocycles. The highest BCUT2D eigenvalue weighted by Gasteiger charge is 2.27. The van der Waals surface area contributed by atoms with Gasteiger partial charge in [0.15, 0.2) is 0 Å². The molecule has 1 saturated carbocycles. The van der Waals surface area contributed by atoms with Gasteiger partial charge in [-0.25, -0.2) is 0 Å². The lowest BCUT2D eigenvalue weighted by atomic mass is 9.86. The maximum atomic E-state index is 3.54. The van der Waals surface area contributed by atoms with Crippen LogP contribution in [0.3, 0.4) is 0 Å². The Morgan fingerprint density at radius 1 is 0.920 bits per heavy atom. The molecule has 1 aliphatic carbocycles. The van der Waals surface area contributed by atoms with E-state index < -0.39 is 0 Å². The molecule has 3 aromatic rings. The van der Waals surface area contributed by atoms with Gasteiger partial charge in [0, 0.05) is 4.47 Å². The Morgan fingerprint density at radius 3 is 2.52 bits per heavy atom. The molecule has 0 aromatic heterocycles. The largest absolute Gasteiger partial charge is 0.0616 e. The minimum absolute atomic E-state index is 0.625. The van der Waals surface area contributed by atoms with Gasteiger partial charge in [-0.05, 0) is 77.5 Å². The van der Waals surface area contributed by atoms with E-state index in [4.69, 9.17) is 0 Å². The molecular formula is C24H25Br. The van der Waals surface area contributed by atoms with Crippen molar-refractivity contribution in [1.82, 2.24) is 0 Å². The summed E-state index contributed by atoms with van der Waals surface area (Å²) < 4.78 is 1.18. The quantitative estimate of drug-likeness (QED) is 0.426. The second kappa shape index (κ2) is 7.33. The van der Waals surface area contributed by atoms with E-state index in [0.717, 1.165) is 11.8 Å². The maximum Gasteiger partial charge on any atom is 0.0175 e. The molecule has 0 bridgehead atoms. The molecule has 3 aromatic carbocycles. The van der Waals surface area contributed by atoms with Crippen molar-refractivity contribution < 1.29 is 0 Å². The predicted octanol–water partition coefficient (Wildman–Crippen LogP) is 7.68. The van der Waals surface area contributed by atoms with Gasteiger partial charge in [0.05, 0.1) is 0 Å². The molecule has 0 unspecified atom stereocenters. The fraction of sp³-hybridized carbons (Fsp3) is 0.333. The van der Waals surface area contributed by atoms with Crippen LogP contribution in [0.5, 0.6) is 0 Å². The Morgan fingerprint density at radius 2 is 1.68 bits per heavy atom. The normalized spacial score (nSPS) is 21.5. The summed E-state index contributed by atoms with van der Waals surface area (Å²) in [6, 6.07) is 24.5. The average Bonchev–Trinajstić information content (AvgIpc) is 3.10. The van der Waals surface area contributed by atoms with Crippen molar-refractivity contribution in [2.45, 2.75) is 44.4 Å². The zero-order valence-electron chi connectivity index (χ0n) is 14.8. The van der Waals surface area contributed by atoms with E-state index >= 15 is 0 Å². The van der Waals surface area contributed by atoms with Crippen LogP contribution < -0.4 is 0 Å². The maximum absolute atomic E-state index is 3.54. The van der Waals surface area contributed by atoms with Crippen LogP contribution in [-0.4, -0.2) is 0 Å². The van der Waals surface area contributed by atoms with E-state index in [9.17, 15) is 0 Å². The van der Waals surface area contributed by atoms with E-state index in [1.165, 1.54) is 52.1 Å². The third-order valence-corrected chi connectivity index (χ3v) is 6.45. The summed E-state index contributed by atoms with van der Waals surface area (Å²) in [6.07, 6.45) is 5.36. The molecule has 0 spiro atoms. The van der Waals surface area contributed by atoms with Crippen molar-refractivity contribution in [3.05, 3.63) is 82.3 Å². The van der Waals surface area contributed by atoms with Gasteiger partial charge in [0.25, 0.3) is 0 Å². The van der Waals surface area contributed by atoms with Gasteiger partial charge in [-0.2, -0.15) is 0 Å². The fourth-order valence-electron chi connectivity index (χ4n) is 4.63. The molecule has 4 rings (SSSR count). The van der Waals surface area contributed by atoms with Crippen molar-refractivity contribution in [2.75, 3.05) is 0 Å². The first-order valence-corrected chi connectivity index (χ1v) is 10.2. The van der Waals surface area contributed by atoms with Crippen LogP contribution in [-0.2, 0) is 0 Å². The standard InChI is InChI=1S/C24H25Br/c1-17(23-8-4-6-20-5-2-3-7-24(20)23)15-18-9-10-21(16-18)19-11-13-22(25)14-12-19/h2-8,11-14,17-18,21H,9-10,15-16H2,1H3/t17-,18+,21+/m0/s1. The first kappa shape index (κ1) is 16.8. The SMILES string of the molecule is C[C@@H](C[C@H]1CC[C@@H](c2ccc(Br)cc2)C1)c1cccc2ccccc12. The smallest absolute Gasteiger partial charge is 0.0175 e. The van der Waals surface area contributed by atoms with Crippen molar-refractivity contribution in [3.63, 3.8) is 0 Å². The lowest BCUT2D eigenvalue weighted by Crippen LogP contribution is -2.03. The molecule has 0 aliphatic heterocycles. The average molecular weight is 393 g/mol. The van der Waals surface area contributed by atoms with Crippen LogP contribution in [0.25, 0.3) is 10.8 Å². The first-order valence-electron chi connectivity index (χ1n) is 9.44. The molecule has 0 amide bonds. The molecule has 0 radical (unpaired) electrons. The minimum Gasteiger partial charge on any atom is -0.0616 e. The lowest BCUT2D eigenvalue weighted by Gasteiger charge is -2.19. The molecule has 0 saturated heterocycles. The topological polar surface area (TPSA) is 0 Å². The van der Waals surface area contributed by atoms with E-state index in [-0.39, 0.29) is 0 Å². The summed E-state index contributed by atoms with van der Waals surface area (Å²) in [6.45, 7) is 2.41. The minimum atomic E-state index is 0.625. The summed E-state index contributed by atoms with van der Waals surface area (Å²) in [5.74, 6) is 2.22. The zero-order valence-corrected chi connectivity index (χ0v) is 16.4. The lowest BCUT2D eigenvalue weighted by molar-refractivity contribution is 0.456. The number of hydrogen-bond donors (Lipinski definition) is 0. The Hall–Kier alpha value is -1.60. The molecule has 0 nitrogen and oxygen atoms in total. The van der Waals surface area contributed by atoms with Crippen molar-refractivity contribution in [1.29, 1.82) is 0 Å². The highest BCUT2D eigenvalue weighted by atomic mass is 79.9. The Balaban J connectivity index is 1.46. The monoisotopic (exact) mass is 392 g/mol. The van der Waals surface area contributed by atoms with Crippen LogP contribution >= 0.6 is 15.9 Å². The van der Waals surface area contributed by atoms with Crippen LogP contribution in [0, 0.1) is 5.92 Å². The molecule has 3 atom stereocenters. The Bertz CT molecular complexity index is 844. The summed E-state index contributed by atoms with van der Waals surface area (Å²) in [7, 11) is 0. The second-order valence-electron chi connectivity index (χ2n) is 7.63. The number of hydrogen-bond acceptors (Lipinski definition) is 0. The molecular weight excluding hydrogens is 368 g/mol. The van der Waals surface area contributed by atoms with Gasteiger partial charge in [0.2, 0.25) is 0 Å². The molecule has 128 valence electrons. The summed E-state index contributed by atoms with van der Waals surface area (Å²) in [4.78, 5) is 0. The highest BCUT2D eigenvalue weighted by Crippen LogP contribution is 2.43. The van der Waals surface area contributed by atoms with E-state index in [2.05, 4.69) is 89.6 Å². The first-order chi connectivity index (χ1) is 12.2. The van der Waals surface area contributed by atoms with Gasteiger partial charge >= 0.3 is 0 Å². The van der Waals surface area contributed by atoms with Gasteiger partial charge in [-0.3, -0.25) is 0 Å². The molecule has 0 N–H and O–H groups in total. The molecule has 1 aliphatic rings. The van der Waals surface area contributed by atoms with Crippen LogP contribution in [0.15, 0.2) is 71.2 Å². The van der Waals surface area contributed by atoms with Crippen LogP contribution in [0.1, 0.15) is 55.6 Å². The van der Waals surface area contributed by atoms with Crippen LogP contribution in [0.4, 0.5) is 0 Å². The third-order valence-electron chi connectivity index (χ3n) is 5.92. The highest BCUT2D eigenvalue weighted by molar-refractivity contribution is 9.10. The summed E-state index contributed by atoms with van der Waals surface area (Å²) >= 11 is 3.54. The number of fused-ring (bicyclic) bond motifs is 1. The van der Waals surface area contributed by atoms with Gasteiger partial charge in [-0.15, -0.1) is 0 Å². The van der Waals surface area contributed by atoms with Gasteiger partial charge in [-0.1, -0.05) is 77.5 Å². The predicted molar refractivity (Wildman–Crippen MR) is 111 cm³/mol. The van der Waals surface area contributed by atoms with Crippen molar-refractivity contribution >= 4 is 26.7 Å². The zero-order chi connectivity index (χ0) is 17.2. The van der Waals surface area contributed by atoms with E-state index in [1.54, 1.807) is 0 Å². The van der Waals surface area contributed by atoms with E-state index in [1.807, 2.05) is 0 Å². The second-order valence-corrected chi connectivity index (χ2v) is 8.55. The molecule has 25 heavy (non-hydrogen) atoms. The van der Waals surface area contributed by atoms with Gasteiger partial charge < -0.3 is 0 Å². The molecule has 1 heteroatoms.